The smallest absolute Gasteiger partial charge is 0.394 e. The number of carbonyl (C=O) groups is 1. The third kappa shape index (κ3) is 37.3. The molecular formula is C56H107NO12S. The second-order valence-corrected chi connectivity index (χ2v) is 21.4. The molecule has 1 heterocycles. The third-order valence-corrected chi connectivity index (χ3v) is 14.3. The number of unbranched alkanes of at least 4 members (excludes halogenated alkanes) is 35. The van der Waals surface area contributed by atoms with Crippen molar-refractivity contribution in [3.05, 3.63) is 24.3 Å². The molecule has 0 radical (unpaired) electrons. The predicted molar refractivity (Wildman–Crippen MR) is 284 cm³/mol. The van der Waals surface area contributed by atoms with E-state index < -0.39 is 78.5 Å². The molecule has 14 heteroatoms. The predicted octanol–water partition coefficient (Wildman–Crippen LogP) is 12.2. The van der Waals surface area contributed by atoms with Crippen molar-refractivity contribution in [3.8, 4) is 0 Å². The van der Waals surface area contributed by atoms with Gasteiger partial charge in [0.25, 0.3) is 0 Å². The Balaban J connectivity index is 2.46. The summed E-state index contributed by atoms with van der Waals surface area (Å²) in [5, 5.41) is 55.5. The summed E-state index contributed by atoms with van der Waals surface area (Å²) in [7, 11) is -5.13. The van der Waals surface area contributed by atoms with Crippen LogP contribution in [0.3, 0.4) is 0 Å². The van der Waals surface area contributed by atoms with E-state index in [0.717, 1.165) is 38.5 Å². The molecule has 8 atom stereocenters. The number of carbonyl (C=O) groups excluding carboxylic acids is 1. The van der Waals surface area contributed by atoms with Crippen molar-refractivity contribution in [2.24, 2.45) is 0 Å². The fourth-order valence-electron chi connectivity index (χ4n) is 9.30. The summed E-state index contributed by atoms with van der Waals surface area (Å²) >= 11 is 0. The van der Waals surface area contributed by atoms with E-state index in [0.29, 0.717) is 12.8 Å². The quantitative estimate of drug-likeness (QED) is 0.0172. The minimum absolute atomic E-state index is 0.241. The van der Waals surface area contributed by atoms with Gasteiger partial charge in [-0.05, 0) is 32.1 Å². The molecule has 1 saturated heterocycles. The largest absolute Gasteiger partial charge is 0.397 e. The van der Waals surface area contributed by atoms with Gasteiger partial charge in [-0.2, -0.15) is 8.42 Å². The Kier molecular flexibility index (Phi) is 43.8. The van der Waals surface area contributed by atoms with Gasteiger partial charge in [0.05, 0.1) is 25.4 Å². The number of amides is 1. The first kappa shape index (κ1) is 66.6. The van der Waals surface area contributed by atoms with Gasteiger partial charge in [0.2, 0.25) is 5.91 Å². The molecule has 0 aliphatic carbocycles. The van der Waals surface area contributed by atoms with E-state index in [-0.39, 0.29) is 6.42 Å². The Morgan fingerprint density at radius 1 is 0.571 bits per heavy atom. The summed E-state index contributed by atoms with van der Waals surface area (Å²) in [5.74, 6) is -0.707. The Morgan fingerprint density at radius 2 is 0.957 bits per heavy atom. The van der Waals surface area contributed by atoms with E-state index in [1.165, 1.54) is 199 Å². The van der Waals surface area contributed by atoms with Crippen molar-refractivity contribution in [1.29, 1.82) is 0 Å². The second-order valence-electron chi connectivity index (χ2n) is 20.4. The van der Waals surface area contributed by atoms with Crippen molar-refractivity contribution in [3.63, 3.8) is 0 Å². The summed E-state index contributed by atoms with van der Waals surface area (Å²) in [6, 6.07) is -1.13. The van der Waals surface area contributed by atoms with Crippen molar-refractivity contribution in [1.82, 2.24) is 5.32 Å². The monoisotopic (exact) mass is 1020 g/mol. The van der Waals surface area contributed by atoms with E-state index in [4.69, 9.17) is 9.47 Å². The highest BCUT2D eigenvalue weighted by Gasteiger charge is 2.48. The molecule has 8 unspecified atom stereocenters. The Labute approximate surface area is 427 Å². The zero-order chi connectivity index (χ0) is 51.3. The van der Waals surface area contributed by atoms with Gasteiger partial charge in [0.1, 0.15) is 30.5 Å². The molecule has 1 amide bonds. The molecule has 1 aliphatic heterocycles. The van der Waals surface area contributed by atoms with E-state index >= 15 is 0 Å². The molecule has 0 aromatic carbocycles. The lowest BCUT2D eigenvalue weighted by molar-refractivity contribution is -0.298. The normalized spacial score (nSPS) is 20.1. The third-order valence-electron chi connectivity index (χ3n) is 13.8. The van der Waals surface area contributed by atoms with Crippen LogP contribution < -0.4 is 5.32 Å². The molecule has 7 N–H and O–H groups in total. The lowest BCUT2D eigenvalue weighted by Crippen LogP contribution is -2.61. The summed E-state index contributed by atoms with van der Waals surface area (Å²) in [6.07, 6.45) is 44.0. The molecule has 70 heavy (non-hydrogen) atoms. The molecule has 1 fully saturated rings. The maximum Gasteiger partial charge on any atom is 0.397 e. The zero-order valence-electron chi connectivity index (χ0n) is 44.5. The highest BCUT2D eigenvalue weighted by atomic mass is 32.3. The van der Waals surface area contributed by atoms with Crippen LogP contribution in [0.2, 0.25) is 0 Å². The van der Waals surface area contributed by atoms with Crippen molar-refractivity contribution < 1.29 is 57.0 Å². The van der Waals surface area contributed by atoms with Crippen LogP contribution in [0.25, 0.3) is 0 Å². The van der Waals surface area contributed by atoms with Gasteiger partial charge in [-0.15, -0.1) is 0 Å². The topological polar surface area (TPSA) is 212 Å². The van der Waals surface area contributed by atoms with Crippen molar-refractivity contribution in [2.75, 3.05) is 13.2 Å². The second kappa shape index (κ2) is 46.1. The number of hydrogen-bond acceptors (Lipinski definition) is 11. The van der Waals surface area contributed by atoms with Gasteiger partial charge in [-0.25, -0.2) is 4.18 Å². The number of allylic oxidation sites excluding steroid dienone is 3. The molecule has 0 bridgehead atoms. The zero-order valence-corrected chi connectivity index (χ0v) is 45.3. The summed E-state index contributed by atoms with van der Waals surface area (Å²) in [6.45, 7) is 3.25. The number of hydrogen-bond donors (Lipinski definition) is 7. The van der Waals surface area contributed by atoms with Crippen LogP contribution >= 0.6 is 0 Å². The fraction of sp³-hybridized carbons (Fsp3) is 0.911. The van der Waals surface area contributed by atoms with Crippen molar-refractivity contribution >= 4 is 16.3 Å². The lowest BCUT2D eigenvalue weighted by Gasteiger charge is -2.41. The first-order chi connectivity index (χ1) is 33.9. The number of rotatable bonds is 50. The van der Waals surface area contributed by atoms with Crippen LogP contribution in [0.1, 0.15) is 264 Å². The van der Waals surface area contributed by atoms with Crippen LogP contribution in [-0.2, 0) is 28.9 Å². The number of nitrogens with one attached hydrogen (secondary N) is 1. The Hall–Kier alpha value is -1.46. The minimum Gasteiger partial charge on any atom is -0.394 e. The average molecular weight is 1020 g/mol. The first-order valence-electron chi connectivity index (χ1n) is 28.8. The summed E-state index contributed by atoms with van der Waals surface area (Å²) < 4.78 is 47.7. The Bertz CT molecular complexity index is 1350. The van der Waals surface area contributed by atoms with Crippen LogP contribution in [0.5, 0.6) is 0 Å². The molecule has 13 nitrogen and oxygen atoms in total. The molecule has 0 saturated carbocycles. The molecule has 0 aromatic heterocycles. The molecular weight excluding hydrogens is 911 g/mol. The van der Waals surface area contributed by atoms with Gasteiger partial charge < -0.3 is 40.3 Å². The lowest BCUT2D eigenvalue weighted by atomic mass is 9.99. The number of aliphatic hydroxyl groups is 5. The first-order valence-corrected chi connectivity index (χ1v) is 30.2. The fourth-order valence-corrected chi connectivity index (χ4v) is 9.81. The van der Waals surface area contributed by atoms with E-state index in [1.54, 1.807) is 6.08 Å². The SMILES string of the molecule is CCCCCCCCCCCCCCCCC/C=C/CC/C=C/C(O)C(COC1OC(CO)C(O)C(OS(=O)(=O)O)C1O)NC(=O)C(O)CCCCCCCCCCCCCCCCCCCCCC. The number of aliphatic hydroxyl groups excluding tert-OH is 5. The van der Waals surface area contributed by atoms with Crippen LogP contribution in [0.15, 0.2) is 24.3 Å². The summed E-state index contributed by atoms with van der Waals surface area (Å²) in [4.78, 5) is 13.2. The van der Waals surface area contributed by atoms with Gasteiger partial charge in [0.15, 0.2) is 6.29 Å². The van der Waals surface area contributed by atoms with Crippen LogP contribution in [0.4, 0.5) is 0 Å². The average Bonchev–Trinajstić information content (AvgIpc) is 3.33. The van der Waals surface area contributed by atoms with Crippen LogP contribution in [-0.4, -0.2) is 107 Å². The molecule has 0 spiro atoms. The van der Waals surface area contributed by atoms with Gasteiger partial charge in [0, 0.05) is 0 Å². The van der Waals surface area contributed by atoms with Gasteiger partial charge in [-0.3, -0.25) is 9.35 Å². The molecule has 1 rings (SSSR count). The van der Waals surface area contributed by atoms with E-state index in [1.807, 2.05) is 0 Å². The highest BCUT2D eigenvalue weighted by Crippen LogP contribution is 2.26. The summed E-state index contributed by atoms with van der Waals surface area (Å²) in [5.41, 5.74) is 0. The Morgan fingerprint density at radius 3 is 1.37 bits per heavy atom. The van der Waals surface area contributed by atoms with Crippen molar-refractivity contribution in [2.45, 2.75) is 313 Å². The maximum absolute atomic E-state index is 13.2. The molecule has 0 aromatic rings. The van der Waals surface area contributed by atoms with E-state index in [9.17, 15) is 43.3 Å². The number of ether oxygens (including phenoxy) is 2. The highest BCUT2D eigenvalue weighted by molar-refractivity contribution is 7.80. The molecule has 414 valence electrons. The van der Waals surface area contributed by atoms with Crippen LogP contribution in [0, 0.1) is 0 Å². The molecule has 1 aliphatic rings. The maximum atomic E-state index is 13.2. The standard InChI is InChI=1S/C56H107NO12S/c1-3-5-7-9-11-13-15-17-19-21-23-25-27-28-30-32-34-36-38-40-42-44-49(59)48(47-67-56-53(62)54(69-70(64,65)66)52(61)51(46-58)68-56)57-55(63)50(60)45-43-41-39-37-35-33-31-29-26-24-22-20-18-16-14-12-10-8-6-4-2/h34,36,42,44,48-54,56,58-62H,3-33,35,37-41,43,45-47H2,1-2H3,(H,57,63)(H,64,65,66)/b36-34+,44-42+. The van der Waals surface area contributed by atoms with E-state index in [2.05, 4.69) is 35.5 Å². The van der Waals surface area contributed by atoms with Gasteiger partial charge >= 0.3 is 10.4 Å². The minimum atomic E-state index is -5.13. The van der Waals surface area contributed by atoms with Gasteiger partial charge in [-0.1, -0.05) is 256 Å².